The summed E-state index contributed by atoms with van der Waals surface area (Å²) in [5, 5.41) is 2.71. The SMILES string of the molecule is CCc1ccc(OCC(=O)NCc2ccc(S(=O)(=O)NC)s2)cc1. The molecule has 0 aliphatic carbocycles. The van der Waals surface area contributed by atoms with Crippen LogP contribution in [0, 0.1) is 0 Å². The molecule has 0 atom stereocenters. The van der Waals surface area contributed by atoms with Gasteiger partial charge in [-0.3, -0.25) is 4.79 Å². The third-order valence-electron chi connectivity index (χ3n) is 3.33. The Hall–Kier alpha value is -1.90. The quantitative estimate of drug-likeness (QED) is 0.745. The predicted octanol–water partition coefficient (Wildman–Crippen LogP) is 1.91. The summed E-state index contributed by atoms with van der Waals surface area (Å²) in [5.41, 5.74) is 1.21. The number of amides is 1. The molecule has 24 heavy (non-hydrogen) atoms. The van der Waals surface area contributed by atoms with Crippen LogP contribution >= 0.6 is 11.3 Å². The summed E-state index contributed by atoms with van der Waals surface area (Å²) in [5.74, 6) is 0.377. The second-order valence-corrected chi connectivity index (χ2v) is 8.27. The van der Waals surface area contributed by atoms with Crippen LogP contribution in [-0.2, 0) is 27.8 Å². The van der Waals surface area contributed by atoms with E-state index in [0.717, 1.165) is 22.6 Å². The molecule has 1 amide bonds. The van der Waals surface area contributed by atoms with Gasteiger partial charge in [0.15, 0.2) is 6.61 Å². The van der Waals surface area contributed by atoms with E-state index in [2.05, 4.69) is 17.0 Å². The summed E-state index contributed by atoms with van der Waals surface area (Å²) in [4.78, 5) is 12.6. The van der Waals surface area contributed by atoms with E-state index < -0.39 is 10.0 Å². The number of ether oxygens (including phenoxy) is 1. The fraction of sp³-hybridized carbons (Fsp3) is 0.312. The van der Waals surface area contributed by atoms with Crippen molar-refractivity contribution >= 4 is 27.3 Å². The lowest BCUT2D eigenvalue weighted by atomic mass is 10.2. The van der Waals surface area contributed by atoms with Crippen LogP contribution in [0.1, 0.15) is 17.4 Å². The largest absolute Gasteiger partial charge is 0.484 e. The normalized spacial score (nSPS) is 11.2. The number of thiophene rings is 1. The molecule has 2 N–H and O–H groups in total. The molecule has 0 saturated carbocycles. The first-order chi connectivity index (χ1) is 11.4. The van der Waals surface area contributed by atoms with Crippen molar-refractivity contribution in [2.45, 2.75) is 24.1 Å². The van der Waals surface area contributed by atoms with E-state index in [-0.39, 0.29) is 23.3 Å². The van der Waals surface area contributed by atoms with Crippen LogP contribution in [0.15, 0.2) is 40.6 Å². The molecule has 1 aromatic carbocycles. The molecule has 2 aromatic rings. The molecule has 1 aromatic heterocycles. The molecule has 0 bridgehead atoms. The van der Waals surface area contributed by atoms with E-state index in [0.29, 0.717) is 5.75 Å². The number of hydrogen-bond acceptors (Lipinski definition) is 5. The molecule has 0 aliphatic rings. The molecule has 130 valence electrons. The molecule has 2 rings (SSSR count). The lowest BCUT2D eigenvalue weighted by Crippen LogP contribution is -2.28. The average molecular weight is 368 g/mol. The first-order valence-corrected chi connectivity index (χ1v) is 9.75. The number of nitrogens with one attached hydrogen (secondary N) is 2. The van der Waals surface area contributed by atoms with Gasteiger partial charge in [0, 0.05) is 4.88 Å². The minimum Gasteiger partial charge on any atom is -0.484 e. The molecule has 1 heterocycles. The molecule has 6 nitrogen and oxygen atoms in total. The first kappa shape index (κ1) is 18.4. The number of benzene rings is 1. The van der Waals surface area contributed by atoms with Crippen molar-refractivity contribution in [1.29, 1.82) is 0 Å². The Bertz CT molecular complexity index is 783. The van der Waals surface area contributed by atoms with Gasteiger partial charge in [-0.1, -0.05) is 19.1 Å². The molecule has 0 fully saturated rings. The zero-order valence-electron chi connectivity index (χ0n) is 13.5. The van der Waals surface area contributed by atoms with Crippen molar-refractivity contribution in [3.63, 3.8) is 0 Å². The van der Waals surface area contributed by atoms with E-state index in [1.165, 1.54) is 18.7 Å². The third-order valence-corrected chi connectivity index (χ3v) is 6.32. The van der Waals surface area contributed by atoms with E-state index >= 15 is 0 Å². The van der Waals surface area contributed by atoms with Crippen LogP contribution in [0.2, 0.25) is 0 Å². The highest BCUT2D eigenvalue weighted by Gasteiger charge is 2.14. The number of rotatable bonds is 8. The molecule has 0 radical (unpaired) electrons. The topological polar surface area (TPSA) is 84.5 Å². The summed E-state index contributed by atoms with van der Waals surface area (Å²) in [6.07, 6.45) is 0.951. The first-order valence-electron chi connectivity index (χ1n) is 7.45. The van der Waals surface area contributed by atoms with Gasteiger partial charge in [0.2, 0.25) is 10.0 Å². The molecular weight excluding hydrogens is 348 g/mol. The maximum atomic E-state index is 11.8. The summed E-state index contributed by atoms with van der Waals surface area (Å²) in [7, 11) is -2.07. The minimum atomic E-state index is -3.44. The van der Waals surface area contributed by atoms with Crippen molar-refractivity contribution in [3.8, 4) is 5.75 Å². The van der Waals surface area contributed by atoms with Crippen molar-refractivity contribution in [1.82, 2.24) is 10.0 Å². The molecule has 0 unspecified atom stereocenters. The van der Waals surface area contributed by atoms with Gasteiger partial charge >= 0.3 is 0 Å². The van der Waals surface area contributed by atoms with Crippen LogP contribution in [0.25, 0.3) is 0 Å². The van der Waals surface area contributed by atoms with E-state index in [9.17, 15) is 13.2 Å². The van der Waals surface area contributed by atoms with E-state index in [1.807, 2.05) is 24.3 Å². The number of carbonyl (C=O) groups excluding carboxylic acids is 1. The fourth-order valence-corrected chi connectivity index (χ4v) is 4.04. The maximum Gasteiger partial charge on any atom is 0.258 e. The Kier molecular flexibility index (Phi) is 6.36. The predicted molar refractivity (Wildman–Crippen MR) is 93.7 cm³/mol. The Morgan fingerprint density at radius 2 is 1.88 bits per heavy atom. The Morgan fingerprint density at radius 1 is 1.17 bits per heavy atom. The van der Waals surface area contributed by atoms with Crippen molar-refractivity contribution in [2.24, 2.45) is 0 Å². The maximum absolute atomic E-state index is 11.8. The van der Waals surface area contributed by atoms with Gasteiger partial charge in [-0.15, -0.1) is 11.3 Å². The summed E-state index contributed by atoms with van der Waals surface area (Å²) in [6.45, 7) is 2.25. The zero-order valence-corrected chi connectivity index (χ0v) is 15.2. The van der Waals surface area contributed by atoms with Gasteiger partial charge in [-0.2, -0.15) is 0 Å². The van der Waals surface area contributed by atoms with E-state index in [1.54, 1.807) is 6.07 Å². The van der Waals surface area contributed by atoms with Crippen LogP contribution in [0.5, 0.6) is 5.75 Å². The van der Waals surface area contributed by atoms with Crippen LogP contribution in [-0.4, -0.2) is 28.0 Å². The molecule has 8 heteroatoms. The van der Waals surface area contributed by atoms with Crippen LogP contribution in [0.3, 0.4) is 0 Å². The number of hydrogen-bond donors (Lipinski definition) is 2. The van der Waals surface area contributed by atoms with Gasteiger partial charge in [0.05, 0.1) is 6.54 Å². The number of aryl methyl sites for hydroxylation is 1. The van der Waals surface area contributed by atoms with Gasteiger partial charge in [0.1, 0.15) is 9.96 Å². The third kappa shape index (κ3) is 5.05. The van der Waals surface area contributed by atoms with Crippen LogP contribution in [0.4, 0.5) is 0 Å². The highest BCUT2D eigenvalue weighted by molar-refractivity contribution is 7.91. The average Bonchev–Trinajstić information content (AvgIpc) is 3.08. The number of sulfonamides is 1. The van der Waals surface area contributed by atoms with Crippen molar-refractivity contribution < 1.29 is 17.9 Å². The van der Waals surface area contributed by atoms with Crippen molar-refractivity contribution in [3.05, 3.63) is 46.8 Å². The van der Waals surface area contributed by atoms with Gasteiger partial charge < -0.3 is 10.1 Å². The molecule has 0 saturated heterocycles. The molecular formula is C16H20N2O4S2. The minimum absolute atomic E-state index is 0.0848. The Labute approximate surface area is 145 Å². The van der Waals surface area contributed by atoms with Gasteiger partial charge in [-0.05, 0) is 43.3 Å². The van der Waals surface area contributed by atoms with E-state index in [4.69, 9.17) is 4.74 Å². The summed E-state index contributed by atoms with van der Waals surface area (Å²) >= 11 is 1.12. The standard InChI is InChI=1S/C16H20N2O4S2/c1-3-12-4-6-13(7-5-12)22-11-15(19)18-10-14-8-9-16(23-14)24(20,21)17-2/h4-9,17H,3,10-11H2,1-2H3,(H,18,19). The monoisotopic (exact) mass is 368 g/mol. The molecule has 0 spiro atoms. The highest BCUT2D eigenvalue weighted by Crippen LogP contribution is 2.21. The fourth-order valence-electron chi connectivity index (χ4n) is 1.91. The Balaban J connectivity index is 1.80. The van der Waals surface area contributed by atoms with Crippen molar-refractivity contribution in [2.75, 3.05) is 13.7 Å². The summed E-state index contributed by atoms with van der Waals surface area (Å²) < 4.78 is 31.2. The zero-order chi connectivity index (χ0) is 17.6. The lowest BCUT2D eigenvalue weighted by Gasteiger charge is -2.07. The summed E-state index contributed by atoms with van der Waals surface area (Å²) in [6, 6.07) is 10.8. The van der Waals surface area contributed by atoms with Crippen LogP contribution < -0.4 is 14.8 Å². The highest BCUT2D eigenvalue weighted by atomic mass is 32.2. The smallest absolute Gasteiger partial charge is 0.258 e. The van der Waals surface area contributed by atoms with Gasteiger partial charge in [0.25, 0.3) is 5.91 Å². The second-order valence-electron chi connectivity index (χ2n) is 4.99. The Morgan fingerprint density at radius 3 is 2.50 bits per heavy atom. The lowest BCUT2D eigenvalue weighted by molar-refractivity contribution is -0.123. The number of carbonyl (C=O) groups is 1. The molecule has 0 aliphatic heterocycles. The van der Waals surface area contributed by atoms with Gasteiger partial charge in [-0.25, -0.2) is 13.1 Å². The second kappa shape index (κ2) is 8.27.